The Kier molecular flexibility index (Phi) is 13.7. The molecule has 2 aliphatic rings. The summed E-state index contributed by atoms with van der Waals surface area (Å²) in [5.74, 6) is 1.54. The van der Waals surface area contributed by atoms with E-state index < -0.39 is 11.9 Å². The third kappa shape index (κ3) is 9.86. The van der Waals surface area contributed by atoms with Crippen LogP contribution < -0.4 is 29.7 Å². The third-order valence-corrected chi connectivity index (χ3v) is 12.9. The number of halogens is 2. The molecule has 4 aromatic carbocycles. The Morgan fingerprint density at radius 2 is 1.75 bits per heavy atom. The van der Waals surface area contributed by atoms with E-state index in [1.54, 1.807) is 44.5 Å². The fraction of sp³-hybridized carbons (Fsp3) is 0.269. The summed E-state index contributed by atoms with van der Waals surface area (Å²) < 4.78 is 43.3. The summed E-state index contributed by atoms with van der Waals surface area (Å²) in [5, 5.41) is 26.2. The van der Waals surface area contributed by atoms with E-state index in [1.807, 2.05) is 49.5 Å². The van der Waals surface area contributed by atoms with E-state index in [0.29, 0.717) is 76.1 Å². The lowest BCUT2D eigenvalue weighted by atomic mass is 9.99. The molecule has 1 amide bonds. The number of aryl methyl sites for hydroxylation is 1. The van der Waals surface area contributed by atoms with Crippen molar-refractivity contribution in [1.82, 2.24) is 45.4 Å². The molecule has 1 saturated carbocycles. The molecule has 1 aliphatic carbocycles. The van der Waals surface area contributed by atoms with Gasteiger partial charge in [0.05, 0.1) is 55.4 Å². The fourth-order valence-corrected chi connectivity index (χ4v) is 9.17. The number of ether oxygens (including phenoxy) is 4. The van der Waals surface area contributed by atoms with Crippen molar-refractivity contribution in [2.24, 2.45) is 0 Å². The van der Waals surface area contributed by atoms with Crippen LogP contribution in [-0.2, 0) is 4.74 Å². The summed E-state index contributed by atoms with van der Waals surface area (Å²) >= 11 is 6.30. The molecule has 0 radical (unpaired) electrons. The maximum absolute atomic E-state index is 15.1. The van der Waals surface area contributed by atoms with Crippen molar-refractivity contribution >= 4 is 67.9 Å². The summed E-state index contributed by atoms with van der Waals surface area (Å²) in [7, 11) is 4.61. The Labute approximate surface area is 416 Å². The minimum Gasteiger partial charge on any atom is -0.495 e. The average Bonchev–Trinajstić information content (AvgIpc) is 4.18. The maximum Gasteiger partial charge on any atom is 0.251 e. The van der Waals surface area contributed by atoms with Crippen molar-refractivity contribution in [3.05, 3.63) is 125 Å². The van der Waals surface area contributed by atoms with Gasteiger partial charge in [-0.3, -0.25) is 4.79 Å². The van der Waals surface area contributed by atoms with E-state index >= 15 is 4.39 Å². The van der Waals surface area contributed by atoms with Gasteiger partial charge >= 0.3 is 0 Å². The number of carbonyl (C=O) groups excluding carboxylic acids is 1. The lowest BCUT2D eigenvalue weighted by Crippen LogP contribution is -2.36. The molecule has 18 nitrogen and oxygen atoms in total. The molecule has 0 spiro atoms. The van der Waals surface area contributed by atoms with Gasteiger partial charge in [0.2, 0.25) is 17.7 Å². The fourth-order valence-electron chi connectivity index (χ4n) is 8.92. The van der Waals surface area contributed by atoms with Crippen molar-refractivity contribution in [2.75, 3.05) is 57.8 Å². The minimum atomic E-state index is -1.22. The van der Waals surface area contributed by atoms with Crippen molar-refractivity contribution < 1.29 is 37.7 Å². The maximum atomic E-state index is 15.1. The smallest absolute Gasteiger partial charge is 0.251 e. The van der Waals surface area contributed by atoms with Gasteiger partial charge in [0.15, 0.2) is 11.5 Å². The van der Waals surface area contributed by atoms with E-state index in [-0.39, 0.29) is 33.9 Å². The monoisotopic (exact) mass is 993 g/mol. The van der Waals surface area contributed by atoms with Gasteiger partial charge in [0.25, 0.3) is 5.91 Å². The predicted molar refractivity (Wildman–Crippen MR) is 270 cm³/mol. The van der Waals surface area contributed by atoms with E-state index in [1.165, 1.54) is 25.6 Å². The number of hydrogen-bond donors (Lipinski definition) is 4. The topological polar surface area (TPSA) is 221 Å². The highest BCUT2D eigenvalue weighted by molar-refractivity contribution is 6.31. The highest BCUT2D eigenvalue weighted by Gasteiger charge is 2.25. The van der Waals surface area contributed by atoms with Crippen molar-refractivity contribution in [3.63, 3.8) is 0 Å². The first-order valence-corrected chi connectivity index (χ1v) is 23.7. The molecular weight excluding hydrogens is 945 g/mol. The van der Waals surface area contributed by atoms with Crippen LogP contribution in [0.25, 0.3) is 55.4 Å². The standard InChI is InChI=1S/C28H28N6O4.C24H21ClFN5O3/c1-15-31-21-10-8-16(12-23(21)37-15)19-14-30-25-24(19)27(38-18-6-4-5-7-18)34-28(33-25)32-20-11-9-17(26(35)29-2)13-22(20)36-3;1-33-22-5-4-20(29-30-22)24(32)16-11-17(19(26)12-18(16)25)23-15-3-2-14(10-21(15)27-13-28-23)31-6-8-34-9-7-31/h8-14,18H,4-7H2,1-3H3,(H,29,35)(H2,30,32,33,34);2-5,10-13,24,32H,6-9H2,1H3/t;24-/m.0/s1. The number of amides is 1. The second-order valence-corrected chi connectivity index (χ2v) is 17.5. The third-order valence-electron chi connectivity index (χ3n) is 12.6. The number of morpholine rings is 1. The summed E-state index contributed by atoms with van der Waals surface area (Å²) in [6.07, 6.45) is 6.46. The zero-order valence-corrected chi connectivity index (χ0v) is 40.5. The number of benzene rings is 4. The van der Waals surface area contributed by atoms with Gasteiger partial charge in [-0.25, -0.2) is 19.3 Å². The number of rotatable bonds is 12. The van der Waals surface area contributed by atoms with Crippen LogP contribution in [0.1, 0.15) is 59.3 Å². The summed E-state index contributed by atoms with van der Waals surface area (Å²) in [6.45, 7) is 4.78. The zero-order chi connectivity index (χ0) is 49.9. The number of H-pyrrole nitrogens is 1. The van der Waals surface area contributed by atoms with Crippen LogP contribution in [-0.4, -0.2) is 105 Å². The molecule has 1 atom stereocenters. The van der Waals surface area contributed by atoms with Crippen LogP contribution in [0, 0.1) is 12.7 Å². The summed E-state index contributed by atoms with van der Waals surface area (Å²) in [6, 6.07) is 22.7. The number of anilines is 3. The number of nitrogens with zero attached hydrogens (tertiary/aromatic N) is 8. The Balaban J connectivity index is 0.000000167. The molecule has 1 saturated heterocycles. The SMILES string of the molecule is CNC(=O)c1ccc(Nc2nc(OC3CCCC3)c3c(-c4ccc5nc(C)oc5c4)c[nH]c3n2)c(OC)c1.COc1ccc([C@@H](O)c2cc(-c3ncnc4cc(N5CCOCC5)ccc34)c(F)cc2Cl)nn1. The molecule has 5 aromatic heterocycles. The largest absolute Gasteiger partial charge is 0.495 e. The van der Waals surface area contributed by atoms with Crippen molar-refractivity contribution in [3.8, 4) is 39.9 Å². The number of aliphatic hydroxyl groups is 1. The van der Waals surface area contributed by atoms with E-state index in [0.717, 1.165) is 72.1 Å². The summed E-state index contributed by atoms with van der Waals surface area (Å²) in [4.78, 5) is 40.3. The van der Waals surface area contributed by atoms with Gasteiger partial charge in [-0.1, -0.05) is 17.7 Å². The Morgan fingerprint density at radius 3 is 2.51 bits per heavy atom. The second-order valence-electron chi connectivity index (χ2n) is 17.1. The molecule has 72 heavy (non-hydrogen) atoms. The number of oxazole rings is 1. The molecule has 0 unspecified atom stereocenters. The Morgan fingerprint density at radius 1 is 0.917 bits per heavy atom. The normalized spacial score (nSPS) is 14.3. The van der Waals surface area contributed by atoms with Gasteiger partial charge in [0.1, 0.15) is 41.3 Å². The molecule has 1 aliphatic heterocycles. The highest BCUT2D eigenvalue weighted by atomic mass is 35.5. The number of methoxy groups -OCH3 is 2. The van der Waals surface area contributed by atoms with Gasteiger partial charge in [-0.2, -0.15) is 9.97 Å². The quantitative estimate of drug-likeness (QED) is 0.0896. The van der Waals surface area contributed by atoms with Crippen LogP contribution in [0.3, 0.4) is 0 Å². The molecule has 11 rings (SSSR count). The number of aliphatic hydroxyl groups excluding tert-OH is 1. The predicted octanol–water partition coefficient (Wildman–Crippen LogP) is 9.31. The van der Waals surface area contributed by atoms with Crippen LogP contribution in [0.5, 0.6) is 17.5 Å². The van der Waals surface area contributed by atoms with Crippen molar-refractivity contribution in [1.29, 1.82) is 0 Å². The first-order chi connectivity index (χ1) is 35.1. The van der Waals surface area contributed by atoms with Gasteiger partial charge in [-0.15, -0.1) is 10.2 Å². The number of aromatic amines is 1. The van der Waals surface area contributed by atoms with Crippen LogP contribution in [0.4, 0.5) is 21.7 Å². The first kappa shape index (κ1) is 47.7. The number of nitrogens with one attached hydrogen (secondary N) is 3. The minimum absolute atomic E-state index is 0.0688. The lowest BCUT2D eigenvalue weighted by Gasteiger charge is -2.29. The molecular formula is C52H49ClFN11O7. The van der Waals surface area contributed by atoms with Gasteiger partial charge in [0, 0.05) is 77.7 Å². The van der Waals surface area contributed by atoms with Gasteiger partial charge in [-0.05, 0) is 98.0 Å². The number of fused-ring (bicyclic) bond motifs is 3. The van der Waals surface area contributed by atoms with Gasteiger partial charge < -0.3 is 49.0 Å². The molecule has 6 heterocycles. The number of carbonyl (C=O) groups is 1. The van der Waals surface area contributed by atoms with E-state index in [2.05, 4.69) is 45.7 Å². The first-order valence-electron chi connectivity index (χ1n) is 23.3. The molecule has 0 bridgehead atoms. The van der Waals surface area contributed by atoms with Crippen molar-refractivity contribution in [2.45, 2.75) is 44.8 Å². The zero-order valence-electron chi connectivity index (χ0n) is 39.7. The lowest BCUT2D eigenvalue weighted by molar-refractivity contribution is 0.0962. The Bertz CT molecular complexity index is 3430. The number of aromatic nitrogens is 8. The van der Waals surface area contributed by atoms with Crippen LogP contribution >= 0.6 is 11.6 Å². The van der Waals surface area contributed by atoms with Crippen LogP contribution in [0.15, 0.2) is 95.8 Å². The highest BCUT2D eigenvalue weighted by Crippen LogP contribution is 2.40. The van der Waals surface area contributed by atoms with E-state index in [9.17, 15) is 9.90 Å². The molecule has 368 valence electrons. The average molecular weight is 994 g/mol. The number of hydrogen-bond acceptors (Lipinski definition) is 16. The van der Waals surface area contributed by atoms with Crippen LogP contribution in [0.2, 0.25) is 5.02 Å². The Hall–Kier alpha value is -8.00. The molecule has 20 heteroatoms. The summed E-state index contributed by atoms with van der Waals surface area (Å²) in [5.41, 5.74) is 8.01. The second kappa shape index (κ2) is 20.8. The molecule has 9 aromatic rings. The molecule has 4 N–H and O–H groups in total. The molecule has 2 fully saturated rings. The van der Waals surface area contributed by atoms with E-state index in [4.69, 9.17) is 44.9 Å².